The van der Waals surface area contributed by atoms with Crippen LogP contribution in [0.3, 0.4) is 0 Å². The summed E-state index contributed by atoms with van der Waals surface area (Å²) in [5, 5.41) is 23.1. The van der Waals surface area contributed by atoms with E-state index in [0.717, 1.165) is 35.4 Å². The fraction of sp³-hybridized carbons (Fsp3) is 0.280. The van der Waals surface area contributed by atoms with Gasteiger partial charge in [0.25, 0.3) is 0 Å². The fourth-order valence-electron chi connectivity index (χ4n) is 4.47. The smallest absolute Gasteiger partial charge is 0.321 e. The number of hydrogen-bond donors (Lipinski definition) is 2. The Labute approximate surface area is 206 Å². The Kier molecular flexibility index (Phi) is 6.23. The minimum atomic E-state index is -1.82. The van der Waals surface area contributed by atoms with E-state index in [9.17, 15) is 18.7 Å². The molecule has 3 heterocycles. The Morgan fingerprint density at radius 2 is 1.94 bits per heavy atom. The van der Waals surface area contributed by atoms with Gasteiger partial charge in [-0.05, 0) is 37.1 Å². The molecule has 1 aliphatic rings. The second-order valence-corrected chi connectivity index (χ2v) is 8.81. The molecule has 0 spiro atoms. The van der Waals surface area contributed by atoms with Gasteiger partial charge in [-0.2, -0.15) is 10.2 Å². The standard InChI is InChI=1S/C25H25F2N7O2/c1-17(25(36,14-32-16-28-15-31-32)22-8-5-20(26)11-23(22)27)34-13-19(12-30-34)18-3-6-21(7-4-18)33-10-2-9-29-24(33)35/h3-8,11-13,15-17,36H,2,9-10,14H2,1H3,(H,29,35)/t17-,25-/m1/s1. The molecule has 2 aromatic carbocycles. The molecule has 0 radical (unpaired) electrons. The van der Waals surface area contributed by atoms with Gasteiger partial charge in [0.2, 0.25) is 0 Å². The predicted molar refractivity (Wildman–Crippen MR) is 128 cm³/mol. The van der Waals surface area contributed by atoms with Gasteiger partial charge in [-0.25, -0.2) is 23.2 Å². The molecule has 1 fully saturated rings. The third-order valence-corrected chi connectivity index (χ3v) is 6.55. The van der Waals surface area contributed by atoms with Crippen molar-refractivity contribution in [2.45, 2.75) is 31.5 Å². The van der Waals surface area contributed by atoms with Crippen LogP contribution in [-0.4, -0.2) is 48.8 Å². The highest BCUT2D eigenvalue weighted by Crippen LogP contribution is 2.37. The molecular weight excluding hydrogens is 468 g/mol. The first-order valence-corrected chi connectivity index (χ1v) is 11.6. The number of carbonyl (C=O) groups is 1. The van der Waals surface area contributed by atoms with E-state index in [2.05, 4.69) is 20.5 Å². The van der Waals surface area contributed by atoms with Crippen molar-refractivity contribution in [2.75, 3.05) is 18.0 Å². The molecule has 2 atom stereocenters. The number of nitrogens with zero attached hydrogens (tertiary/aromatic N) is 6. The van der Waals surface area contributed by atoms with Gasteiger partial charge in [-0.15, -0.1) is 0 Å². The number of hydrogen-bond acceptors (Lipinski definition) is 5. The van der Waals surface area contributed by atoms with Gasteiger partial charge in [0.1, 0.15) is 29.9 Å². The van der Waals surface area contributed by atoms with Crippen LogP contribution >= 0.6 is 0 Å². The summed E-state index contributed by atoms with van der Waals surface area (Å²) in [5.74, 6) is -1.60. The Morgan fingerprint density at radius 3 is 2.64 bits per heavy atom. The van der Waals surface area contributed by atoms with Crippen LogP contribution in [0.1, 0.15) is 24.9 Å². The lowest BCUT2D eigenvalue weighted by atomic mass is 9.86. The normalized spacial score (nSPS) is 16.4. The SMILES string of the molecule is C[C@@H](n1cc(-c2ccc(N3CCCNC3=O)cc2)cn1)[C@](O)(Cn1cncn1)c1ccc(F)cc1F. The summed E-state index contributed by atoms with van der Waals surface area (Å²) in [7, 11) is 0. The maximum Gasteiger partial charge on any atom is 0.321 e. The molecule has 2 N–H and O–H groups in total. The van der Waals surface area contributed by atoms with Crippen LogP contribution < -0.4 is 10.2 Å². The van der Waals surface area contributed by atoms with Crippen LogP contribution in [0.25, 0.3) is 11.1 Å². The summed E-state index contributed by atoms with van der Waals surface area (Å²) in [6.07, 6.45) is 7.01. The zero-order chi connectivity index (χ0) is 25.3. The average Bonchev–Trinajstić information content (AvgIpc) is 3.56. The lowest BCUT2D eigenvalue weighted by Gasteiger charge is -2.34. The number of amides is 2. The number of carbonyl (C=O) groups excluding carboxylic acids is 1. The van der Waals surface area contributed by atoms with E-state index in [1.807, 2.05) is 24.3 Å². The Bertz CT molecular complexity index is 1360. The average molecular weight is 494 g/mol. The zero-order valence-electron chi connectivity index (χ0n) is 19.6. The molecule has 2 amide bonds. The first-order valence-electron chi connectivity index (χ1n) is 11.6. The Morgan fingerprint density at radius 1 is 1.14 bits per heavy atom. The van der Waals surface area contributed by atoms with Crippen molar-refractivity contribution in [3.63, 3.8) is 0 Å². The van der Waals surface area contributed by atoms with Crippen molar-refractivity contribution in [3.05, 3.63) is 84.7 Å². The van der Waals surface area contributed by atoms with Crippen LogP contribution in [-0.2, 0) is 12.1 Å². The van der Waals surface area contributed by atoms with Gasteiger partial charge in [0.15, 0.2) is 0 Å². The lowest BCUT2D eigenvalue weighted by Crippen LogP contribution is -2.46. The van der Waals surface area contributed by atoms with Crippen LogP contribution in [0.5, 0.6) is 0 Å². The van der Waals surface area contributed by atoms with Crippen molar-refractivity contribution >= 4 is 11.7 Å². The Hall–Kier alpha value is -4.12. The second-order valence-electron chi connectivity index (χ2n) is 8.81. The molecule has 0 bridgehead atoms. The van der Waals surface area contributed by atoms with E-state index in [4.69, 9.17) is 0 Å². The van der Waals surface area contributed by atoms with Crippen molar-refractivity contribution in [3.8, 4) is 11.1 Å². The van der Waals surface area contributed by atoms with Gasteiger partial charge < -0.3 is 10.4 Å². The molecule has 36 heavy (non-hydrogen) atoms. The molecule has 2 aromatic heterocycles. The number of rotatable bonds is 7. The molecule has 1 saturated heterocycles. The van der Waals surface area contributed by atoms with E-state index >= 15 is 0 Å². The minimum Gasteiger partial charge on any atom is -0.381 e. The quantitative estimate of drug-likeness (QED) is 0.411. The minimum absolute atomic E-state index is 0.0758. The molecule has 0 unspecified atom stereocenters. The van der Waals surface area contributed by atoms with Crippen molar-refractivity contribution in [1.29, 1.82) is 0 Å². The fourth-order valence-corrected chi connectivity index (χ4v) is 4.47. The van der Waals surface area contributed by atoms with Crippen molar-refractivity contribution < 1.29 is 18.7 Å². The zero-order valence-corrected chi connectivity index (χ0v) is 19.6. The number of nitrogens with one attached hydrogen (secondary N) is 1. The molecule has 1 aliphatic heterocycles. The number of urea groups is 1. The summed E-state index contributed by atoms with van der Waals surface area (Å²) < 4.78 is 31.4. The molecular formula is C25H25F2N7O2. The van der Waals surface area contributed by atoms with Crippen molar-refractivity contribution in [2.24, 2.45) is 0 Å². The summed E-state index contributed by atoms with van der Waals surface area (Å²) >= 11 is 0. The first kappa shape index (κ1) is 23.6. The highest BCUT2D eigenvalue weighted by Gasteiger charge is 2.40. The van der Waals surface area contributed by atoms with E-state index in [1.54, 1.807) is 28.9 Å². The van der Waals surface area contributed by atoms with E-state index < -0.39 is 23.3 Å². The molecule has 0 saturated carbocycles. The Balaban J connectivity index is 1.44. The number of aromatic nitrogens is 5. The number of anilines is 1. The highest BCUT2D eigenvalue weighted by molar-refractivity contribution is 5.92. The van der Waals surface area contributed by atoms with E-state index in [-0.39, 0.29) is 18.1 Å². The molecule has 11 heteroatoms. The van der Waals surface area contributed by atoms with Crippen LogP contribution in [0, 0.1) is 11.6 Å². The van der Waals surface area contributed by atoms with Crippen LogP contribution in [0.4, 0.5) is 19.3 Å². The number of benzene rings is 2. The predicted octanol–water partition coefficient (Wildman–Crippen LogP) is 3.49. The topological polar surface area (TPSA) is 101 Å². The van der Waals surface area contributed by atoms with E-state index in [1.165, 1.54) is 23.4 Å². The maximum atomic E-state index is 14.8. The van der Waals surface area contributed by atoms with Crippen molar-refractivity contribution in [1.82, 2.24) is 29.9 Å². The lowest BCUT2D eigenvalue weighted by molar-refractivity contribution is -0.0368. The third-order valence-electron chi connectivity index (χ3n) is 6.55. The van der Waals surface area contributed by atoms with Crippen LogP contribution in [0.15, 0.2) is 67.5 Å². The summed E-state index contributed by atoms with van der Waals surface area (Å²) in [6.45, 7) is 2.91. The summed E-state index contributed by atoms with van der Waals surface area (Å²) in [5.41, 5.74) is 0.542. The summed E-state index contributed by atoms with van der Waals surface area (Å²) in [4.78, 5) is 17.7. The second kappa shape index (κ2) is 9.50. The monoisotopic (exact) mass is 493 g/mol. The van der Waals surface area contributed by atoms with Gasteiger partial charge in [-0.1, -0.05) is 18.2 Å². The molecule has 0 aliphatic carbocycles. The summed E-state index contributed by atoms with van der Waals surface area (Å²) in [6, 6.07) is 9.74. The van der Waals surface area contributed by atoms with Crippen LogP contribution in [0.2, 0.25) is 0 Å². The molecule has 186 valence electrons. The highest BCUT2D eigenvalue weighted by atomic mass is 19.1. The molecule has 9 nitrogen and oxygen atoms in total. The van der Waals surface area contributed by atoms with Gasteiger partial charge >= 0.3 is 6.03 Å². The maximum absolute atomic E-state index is 14.8. The number of aliphatic hydroxyl groups is 1. The number of halogens is 2. The van der Waals surface area contributed by atoms with Gasteiger partial charge in [0, 0.05) is 42.2 Å². The van der Waals surface area contributed by atoms with E-state index in [0.29, 0.717) is 13.1 Å². The van der Waals surface area contributed by atoms with Gasteiger partial charge in [-0.3, -0.25) is 9.58 Å². The molecule has 5 rings (SSSR count). The molecule has 4 aromatic rings. The van der Waals surface area contributed by atoms with Gasteiger partial charge in [0.05, 0.1) is 18.8 Å². The first-order chi connectivity index (χ1) is 17.3. The largest absolute Gasteiger partial charge is 0.381 e. The third kappa shape index (κ3) is 4.44.